The summed E-state index contributed by atoms with van der Waals surface area (Å²) in [6.07, 6.45) is 1.70. The third-order valence-electron chi connectivity index (χ3n) is 5.53. The normalized spacial score (nSPS) is 11.2. The molecule has 0 aliphatic carbocycles. The highest BCUT2D eigenvalue weighted by Gasteiger charge is 2.14. The summed E-state index contributed by atoms with van der Waals surface area (Å²) in [5.41, 5.74) is 5.66. The lowest BCUT2D eigenvalue weighted by atomic mass is 9.98. The molecule has 1 heterocycles. The highest BCUT2D eigenvalue weighted by atomic mass is 16.5. The second-order valence-electron chi connectivity index (χ2n) is 7.95. The monoisotopic (exact) mass is 413 g/mol. The zero-order chi connectivity index (χ0) is 21.8. The molecule has 4 rings (SSSR count). The average molecular weight is 414 g/mol. The first-order chi connectivity index (χ1) is 15.1. The molecular weight excluding hydrogens is 386 g/mol. The van der Waals surface area contributed by atoms with E-state index in [2.05, 4.69) is 43.1 Å². The minimum Gasteiger partial charge on any atom is -0.505 e. The zero-order valence-corrected chi connectivity index (χ0v) is 18.1. The van der Waals surface area contributed by atoms with Gasteiger partial charge in [0.15, 0.2) is 0 Å². The number of hydrogen-bond donors (Lipinski definition) is 1. The van der Waals surface area contributed by atoms with Crippen LogP contribution in [0.3, 0.4) is 0 Å². The van der Waals surface area contributed by atoms with Gasteiger partial charge >= 0.3 is 0 Å². The number of phenols is 1. The lowest BCUT2D eigenvalue weighted by Crippen LogP contribution is -1.98. The van der Waals surface area contributed by atoms with Crippen LogP contribution in [0.5, 0.6) is 11.5 Å². The van der Waals surface area contributed by atoms with Crippen LogP contribution < -0.4 is 4.74 Å². The number of ether oxygens (including phenoxy) is 2. The minimum absolute atomic E-state index is 0.175. The molecule has 0 aliphatic rings. The van der Waals surface area contributed by atoms with E-state index in [0.29, 0.717) is 24.6 Å². The van der Waals surface area contributed by atoms with Crippen LogP contribution in [0.15, 0.2) is 72.9 Å². The van der Waals surface area contributed by atoms with Gasteiger partial charge in [-0.05, 0) is 52.4 Å². The van der Waals surface area contributed by atoms with Crippen LogP contribution in [0.2, 0.25) is 0 Å². The van der Waals surface area contributed by atoms with Crippen LogP contribution in [-0.2, 0) is 18.0 Å². The predicted molar refractivity (Wildman–Crippen MR) is 124 cm³/mol. The Kier molecular flexibility index (Phi) is 6.19. The van der Waals surface area contributed by atoms with Crippen molar-refractivity contribution in [3.05, 3.63) is 89.6 Å². The van der Waals surface area contributed by atoms with Gasteiger partial charge in [-0.2, -0.15) is 0 Å². The largest absolute Gasteiger partial charge is 0.505 e. The second kappa shape index (κ2) is 9.19. The molecule has 0 bridgehead atoms. The number of hydrogen-bond acceptors (Lipinski definition) is 4. The molecule has 4 nitrogen and oxygen atoms in total. The maximum absolute atomic E-state index is 10.9. The van der Waals surface area contributed by atoms with Crippen LogP contribution in [0.1, 0.15) is 36.5 Å². The first-order valence-corrected chi connectivity index (χ1v) is 10.5. The van der Waals surface area contributed by atoms with Crippen molar-refractivity contribution >= 4 is 10.9 Å². The van der Waals surface area contributed by atoms with Gasteiger partial charge in [0.25, 0.3) is 0 Å². The van der Waals surface area contributed by atoms with Crippen molar-refractivity contribution in [3.8, 4) is 22.6 Å². The summed E-state index contributed by atoms with van der Waals surface area (Å²) in [6.45, 7) is 5.34. The Bertz CT molecular complexity index is 1170. The van der Waals surface area contributed by atoms with E-state index in [9.17, 15) is 5.11 Å². The molecule has 0 fully saturated rings. The lowest BCUT2D eigenvalue weighted by Gasteiger charge is -2.14. The predicted octanol–water partition coefficient (Wildman–Crippen LogP) is 6.46. The summed E-state index contributed by atoms with van der Waals surface area (Å²) < 4.78 is 11.3. The van der Waals surface area contributed by atoms with E-state index >= 15 is 0 Å². The molecule has 4 heteroatoms. The van der Waals surface area contributed by atoms with Crippen molar-refractivity contribution in [2.75, 3.05) is 7.11 Å². The van der Waals surface area contributed by atoms with E-state index in [1.54, 1.807) is 13.3 Å². The fourth-order valence-electron chi connectivity index (χ4n) is 3.69. The van der Waals surface area contributed by atoms with Crippen molar-refractivity contribution in [3.63, 3.8) is 0 Å². The smallest absolute Gasteiger partial charge is 0.149 e. The summed E-state index contributed by atoms with van der Waals surface area (Å²) in [6, 6.07) is 22.0. The third-order valence-corrected chi connectivity index (χ3v) is 5.53. The molecule has 158 valence electrons. The van der Waals surface area contributed by atoms with Gasteiger partial charge in [0.05, 0.1) is 20.3 Å². The second-order valence-corrected chi connectivity index (χ2v) is 7.95. The summed E-state index contributed by atoms with van der Waals surface area (Å²) in [4.78, 5) is 4.42. The van der Waals surface area contributed by atoms with Crippen molar-refractivity contribution in [1.29, 1.82) is 0 Å². The highest BCUT2D eigenvalue weighted by molar-refractivity contribution is 5.94. The van der Waals surface area contributed by atoms with Gasteiger partial charge in [0.1, 0.15) is 17.0 Å². The van der Waals surface area contributed by atoms with Gasteiger partial charge in [0, 0.05) is 17.1 Å². The quantitative estimate of drug-likeness (QED) is 0.378. The van der Waals surface area contributed by atoms with Crippen LogP contribution in [-0.4, -0.2) is 17.2 Å². The fourth-order valence-corrected chi connectivity index (χ4v) is 3.69. The van der Waals surface area contributed by atoms with Gasteiger partial charge in [-0.25, -0.2) is 0 Å². The first kappa shape index (κ1) is 20.9. The van der Waals surface area contributed by atoms with E-state index in [1.807, 2.05) is 42.5 Å². The first-order valence-electron chi connectivity index (χ1n) is 10.5. The SMILES string of the molecule is COc1ccc(-c2cc(COCc3ccc(C(C)C)cc3)c3cccnc3c2O)cc1. The molecule has 1 N–H and O–H groups in total. The summed E-state index contributed by atoms with van der Waals surface area (Å²) in [5, 5.41) is 11.8. The molecule has 4 aromatic rings. The minimum atomic E-state index is 0.175. The molecule has 0 amide bonds. The standard InChI is InChI=1S/C27H27NO3/c1-18(2)20-8-6-19(7-9-20)16-31-17-22-15-25(21-10-12-23(30-3)13-11-21)27(29)26-24(22)5-4-14-28-26/h4-15,18,29H,16-17H2,1-3H3. The fraction of sp³-hybridized carbons (Fsp3) is 0.222. The van der Waals surface area contributed by atoms with Crippen molar-refractivity contribution in [2.45, 2.75) is 33.0 Å². The Morgan fingerprint density at radius 3 is 2.35 bits per heavy atom. The number of benzene rings is 3. The topological polar surface area (TPSA) is 51.6 Å². The van der Waals surface area contributed by atoms with E-state index in [0.717, 1.165) is 33.4 Å². The molecule has 0 saturated carbocycles. The number of nitrogens with zero attached hydrogens (tertiary/aromatic N) is 1. The maximum Gasteiger partial charge on any atom is 0.149 e. The Balaban J connectivity index is 1.61. The van der Waals surface area contributed by atoms with Gasteiger partial charge in [0.2, 0.25) is 0 Å². The molecular formula is C27H27NO3. The van der Waals surface area contributed by atoms with E-state index in [-0.39, 0.29) is 5.75 Å². The number of fused-ring (bicyclic) bond motifs is 1. The summed E-state index contributed by atoms with van der Waals surface area (Å²) >= 11 is 0. The molecule has 0 aliphatic heterocycles. The van der Waals surface area contributed by atoms with Gasteiger partial charge < -0.3 is 14.6 Å². The van der Waals surface area contributed by atoms with Gasteiger partial charge in [-0.1, -0.05) is 56.3 Å². The summed E-state index contributed by atoms with van der Waals surface area (Å²) in [5.74, 6) is 1.46. The van der Waals surface area contributed by atoms with E-state index in [1.165, 1.54) is 5.56 Å². The van der Waals surface area contributed by atoms with E-state index < -0.39 is 0 Å². The average Bonchev–Trinajstić information content (AvgIpc) is 2.81. The lowest BCUT2D eigenvalue weighted by molar-refractivity contribution is 0.108. The number of methoxy groups -OCH3 is 1. The Hall–Kier alpha value is -3.37. The molecule has 0 saturated heterocycles. The molecule has 0 atom stereocenters. The third kappa shape index (κ3) is 4.54. The number of pyridine rings is 1. The number of aromatic hydroxyl groups is 1. The Morgan fingerprint density at radius 2 is 1.68 bits per heavy atom. The number of aromatic nitrogens is 1. The summed E-state index contributed by atoms with van der Waals surface area (Å²) in [7, 11) is 1.64. The van der Waals surface area contributed by atoms with Crippen LogP contribution >= 0.6 is 0 Å². The van der Waals surface area contributed by atoms with Crippen molar-refractivity contribution in [2.24, 2.45) is 0 Å². The number of phenolic OH excluding ortho intramolecular Hbond substituents is 1. The van der Waals surface area contributed by atoms with Crippen molar-refractivity contribution in [1.82, 2.24) is 4.98 Å². The Morgan fingerprint density at radius 1 is 0.935 bits per heavy atom. The van der Waals surface area contributed by atoms with Gasteiger partial charge in [-0.3, -0.25) is 4.98 Å². The Labute approximate surface area is 183 Å². The van der Waals surface area contributed by atoms with Crippen LogP contribution in [0.4, 0.5) is 0 Å². The molecule has 0 spiro atoms. The van der Waals surface area contributed by atoms with Crippen LogP contribution in [0, 0.1) is 0 Å². The van der Waals surface area contributed by atoms with Crippen molar-refractivity contribution < 1.29 is 14.6 Å². The highest BCUT2D eigenvalue weighted by Crippen LogP contribution is 2.37. The van der Waals surface area contributed by atoms with E-state index in [4.69, 9.17) is 9.47 Å². The molecule has 0 radical (unpaired) electrons. The van der Waals surface area contributed by atoms with Gasteiger partial charge in [-0.15, -0.1) is 0 Å². The molecule has 31 heavy (non-hydrogen) atoms. The van der Waals surface area contributed by atoms with Crippen LogP contribution in [0.25, 0.3) is 22.0 Å². The molecule has 0 unspecified atom stereocenters. The molecule has 3 aromatic carbocycles. The zero-order valence-electron chi connectivity index (χ0n) is 18.1. The maximum atomic E-state index is 10.9. The number of rotatable bonds is 7. The molecule has 1 aromatic heterocycles.